The van der Waals surface area contributed by atoms with E-state index in [1.807, 2.05) is 55.5 Å². The van der Waals surface area contributed by atoms with Crippen LogP contribution in [-0.2, 0) is 4.79 Å². The maximum Gasteiger partial charge on any atom is 0.217 e. The molecule has 1 amide bonds. The first-order chi connectivity index (χ1) is 15.0. The van der Waals surface area contributed by atoms with Gasteiger partial charge in [-0.2, -0.15) is 0 Å². The number of amides is 1. The molecule has 162 valence electrons. The topological polar surface area (TPSA) is 47.6 Å². The standard InChI is InChI=1S/C26H28ClNO3/c1-17(28-18(2)29)19-8-9-21-15-23(11-10-20(21)14-19)30-24-12-13-26(25(27)16-24)31-22-6-4-3-5-7-22/h8-17,22H,3-7H2,1-2H3,(H,28,29). The van der Waals surface area contributed by atoms with Crippen LogP contribution in [0.2, 0.25) is 5.02 Å². The molecule has 1 aliphatic rings. The maximum atomic E-state index is 11.3. The second-order valence-electron chi connectivity index (χ2n) is 8.26. The van der Waals surface area contributed by atoms with Crippen molar-refractivity contribution in [2.45, 2.75) is 58.1 Å². The largest absolute Gasteiger partial charge is 0.489 e. The van der Waals surface area contributed by atoms with E-state index < -0.39 is 0 Å². The van der Waals surface area contributed by atoms with Crippen molar-refractivity contribution < 1.29 is 14.3 Å². The highest BCUT2D eigenvalue weighted by atomic mass is 35.5. The molecule has 1 aliphatic carbocycles. The van der Waals surface area contributed by atoms with E-state index in [0.29, 0.717) is 10.8 Å². The number of nitrogens with one attached hydrogen (secondary N) is 1. The van der Waals surface area contributed by atoms with E-state index in [4.69, 9.17) is 21.1 Å². The van der Waals surface area contributed by atoms with Crippen LogP contribution in [0.4, 0.5) is 0 Å². The van der Waals surface area contributed by atoms with Gasteiger partial charge in [0.15, 0.2) is 0 Å². The van der Waals surface area contributed by atoms with E-state index in [-0.39, 0.29) is 18.1 Å². The zero-order valence-corrected chi connectivity index (χ0v) is 18.7. The maximum absolute atomic E-state index is 11.3. The molecule has 1 N–H and O–H groups in total. The van der Waals surface area contributed by atoms with E-state index in [1.165, 1.54) is 26.2 Å². The van der Waals surface area contributed by atoms with Crippen molar-refractivity contribution >= 4 is 28.3 Å². The van der Waals surface area contributed by atoms with Crippen LogP contribution in [0.1, 0.15) is 57.6 Å². The summed E-state index contributed by atoms with van der Waals surface area (Å²) in [6.45, 7) is 3.51. The molecule has 0 heterocycles. The van der Waals surface area contributed by atoms with E-state index in [2.05, 4.69) is 11.4 Å². The fourth-order valence-electron chi connectivity index (χ4n) is 4.10. The minimum absolute atomic E-state index is 0.0330. The smallest absolute Gasteiger partial charge is 0.217 e. The first-order valence-electron chi connectivity index (χ1n) is 10.9. The molecule has 3 aromatic carbocycles. The lowest BCUT2D eigenvalue weighted by molar-refractivity contribution is -0.119. The lowest BCUT2D eigenvalue weighted by atomic mass is 9.98. The first-order valence-corrected chi connectivity index (χ1v) is 11.3. The van der Waals surface area contributed by atoms with Crippen molar-refractivity contribution in [3.8, 4) is 17.2 Å². The lowest BCUT2D eigenvalue weighted by Crippen LogP contribution is -2.23. The molecule has 4 rings (SSSR count). The van der Waals surface area contributed by atoms with Crippen LogP contribution in [0.25, 0.3) is 10.8 Å². The van der Waals surface area contributed by atoms with E-state index >= 15 is 0 Å². The molecule has 0 radical (unpaired) electrons. The Balaban J connectivity index is 1.46. The predicted octanol–water partition coefficient (Wildman–Crippen LogP) is 7.19. The van der Waals surface area contributed by atoms with Crippen LogP contribution in [0.5, 0.6) is 17.2 Å². The third-order valence-corrected chi connectivity index (χ3v) is 6.04. The van der Waals surface area contributed by atoms with Gasteiger partial charge in [0.1, 0.15) is 17.2 Å². The molecular formula is C26H28ClNO3. The SMILES string of the molecule is CC(=O)NC(C)c1ccc2cc(Oc3ccc(OC4CCCCC4)c(Cl)c3)ccc2c1. The summed E-state index contributed by atoms with van der Waals surface area (Å²) in [5, 5.41) is 5.65. The molecule has 1 atom stereocenters. The Morgan fingerprint density at radius 3 is 2.39 bits per heavy atom. The predicted molar refractivity (Wildman–Crippen MR) is 125 cm³/mol. The monoisotopic (exact) mass is 437 g/mol. The second-order valence-corrected chi connectivity index (χ2v) is 8.67. The molecule has 0 spiro atoms. The van der Waals surface area contributed by atoms with Crippen molar-refractivity contribution in [1.82, 2.24) is 5.32 Å². The van der Waals surface area contributed by atoms with Gasteiger partial charge in [-0.1, -0.05) is 36.2 Å². The molecule has 31 heavy (non-hydrogen) atoms. The van der Waals surface area contributed by atoms with Crippen LogP contribution in [0.3, 0.4) is 0 Å². The summed E-state index contributed by atoms with van der Waals surface area (Å²) in [5.41, 5.74) is 1.07. The van der Waals surface area contributed by atoms with Crippen LogP contribution in [0.15, 0.2) is 54.6 Å². The Bertz CT molecular complexity index is 1080. The van der Waals surface area contributed by atoms with E-state index in [9.17, 15) is 4.79 Å². The summed E-state index contributed by atoms with van der Waals surface area (Å²) in [6.07, 6.45) is 6.19. The van der Waals surface area contributed by atoms with Gasteiger partial charge in [0.25, 0.3) is 0 Å². The third-order valence-electron chi connectivity index (χ3n) is 5.74. The molecule has 0 aliphatic heterocycles. The lowest BCUT2D eigenvalue weighted by Gasteiger charge is -2.23. The van der Waals surface area contributed by atoms with Gasteiger partial charge in [-0.3, -0.25) is 4.79 Å². The molecule has 0 aromatic heterocycles. The zero-order chi connectivity index (χ0) is 21.8. The fraction of sp³-hybridized carbons (Fsp3) is 0.346. The summed E-state index contributed by atoms with van der Waals surface area (Å²) in [6, 6.07) is 17.7. The minimum atomic E-state index is -0.0369. The average molecular weight is 438 g/mol. The van der Waals surface area contributed by atoms with E-state index in [1.54, 1.807) is 0 Å². The van der Waals surface area contributed by atoms with Gasteiger partial charge in [-0.15, -0.1) is 0 Å². The Morgan fingerprint density at radius 2 is 1.65 bits per heavy atom. The normalized spacial score (nSPS) is 15.5. The van der Waals surface area contributed by atoms with Crippen LogP contribution < -0.4 is 14.8 Å². The van der Waals surface area contributed by atoms with Crippen molar-refractivity contribution in [3.05, 3.63) is 65.2 Å². The molecule has 0 bridgehead atoms. The Kier molecular flexibility index (Phi) is 6.67. The van der Waals surface area contributed by atoms with Gasteiger partial charge < -0.3 is 14.8 Å². The quantitative estimate of drug-likeness (QED) is 0.443. The molecule has 1 saturated carbocycles. The number of fused-ring (bicyclic) bond motifs is 1. The Labute approximate surface area is 188 Å². The highest BCUT2D eigenvalue weighted by Gasteiger charge is 2.16. The fourth-order valence-corrected chi connectivity index (χ4v) is 4.32. The summed E-state index contributed by atoms with van der Waals surface area (Å²) in [4.78, 5) is 11.3. The number of halogens is 1. The van der Waals surface area contributed by atoms with Gasteiger partial charge >= 0.3 is 0 Å². The second kappa shape index (κ2) is 9.61. The van der Waals surface area contributed by atoms with Gasteiger partial charge in [0.2, 0.25) is 5.91 Å². The van der Waals surface area contributed by atoms with Crippen molar-refractivity contribution in [3.63, 3.8) is 0 Å². The first kappa shape index (κ1) is 21.5. The molecule has 1 fully saturated rings. The molecule has 4 nitrogen and oxygen atoms in total. The minimum Gasteiger partial charge on any atom is -0.489 e. The van der Waals surface area contributed by atoms with Gasteiger partial charge in [-0.05, 0) is 79.3 Å². The Hall–Kier alpha value is -2.72. The molecule has 3 aromatic rings. The van der Waals surface area contributed by atoms with Gasteiger partial charge in [0, 0.05) is 13.0 Å². The van der Waals surface area contributed by atoms with Gasteiger partial charge in [-0.25, -0.2) is 0 Å². The number of hydrogen-bond acceptors (Lipinski definition) is 3. The van der Waals surface area contributed by atoms with Crippen LogP contribution in [-0.4, -0.2) is 12.0 Å². The Morgan fingerprint density at radius 1 is 0.968 bits per heavy atom. The highest BCUT2D eigenvalue weighted by molar-refractivity contribution is 6.32. The summed E-state index contributed by atoms with van der Waals surface area (Å²) in [5.74, 6) is 2.11. The molecule has 1 unspecified atom stereocenters. The van der Waals surface area contributed by atoms with Crippen molar-refractivity contribution in [2.75, 3.05) is 0 Å². The number of rotatable bonds is 6. The summed E-state index contributed by atoms with van der Waals surface area (Å²) >= 11 is 6.46. The molecule has 0 saturated heterocycles. The van der Waals surface area contributed by atoms with Gasteiger partial charge in [0.05, 0.1) is 17.2 Å². The summed E-state index contributed by atoms with van der Waals surface area (Å²) in [7, 11) is 0. The molecule has 5 heteroatoms. The third kappa shape index (κ3) is 5.50. The number of hydrogen-bond donors (Lipinski definition) is 1. The number of benzene rings is 3. The van der Waals surface area contributed by atoms with Crippen molar-refractivity contribution in [2.24, 2.45) is 0 Å². The molecular weight excluding hydrogens is 410 g/mol. The average Bonchev–Trinajstić information content (AvgIpc) is 2.75. The number of carbonyl (C=O) groups excluding carboxylic acids is 1. The number of ether oxygens (including phenoxy) is 2. The van der Waals surface area contributed by atoms with E-state index in [0.717, 1.165) is 40.7 Å². The number of carbonyl (C=O) groups is 1. The zero-order valence-electron chi connectivity index (χ0n) is 18.0. The summed E-state index contributed by atoms with van der Waals surface area (Å²) < 4.78 is 12.1. The van der Waals surface area contributed by atoms with Crippen molar-refractivity contribution in [1.29, 1.82) is 0 Å². The van der Waals surface area contributed by atoms with Crippen LogP contribution in [0, 0.1) is 0 Å². The van der Waals surface area contributed by atoms with Crippen LogP contribution >= 0.6 is 11.6 Å². The highest BCUT2D eigenvalue weighted by Crippen LogP contribution is 2.34.